The van der Waals surface area contributed by atoms with Gasteiger partial charge < -0.3 is 20.1 Å². The van der Waals surface area contributed by atoms with E-state index in [1.165, 1.54) is 18.9 Å². The Kier molecular flexibility index (Phi) is 7.55. The van der Waals surface area contributed by atoms with Gasteiger partial charge in [-0.1, -0.05) is 0 Å². The smallest absolute Gasteiger partial charge is 0.317 e. The number of nitrogens with one attached hydrogen (secondary N) is 1. The fraction of sp³-hybridized carbons (Fsp3) is 0.750. The highest BCUT2D eigenvalue weighted by Gasteiger charge is 2.22. The Morgan fingerprint density at radius 1 is 1.32 bits per heavy atom. The van der Waals surface area contributed by atoms with Crippen LogP contribution < -0.4 is 5.32 Å². The fourth-order valence-corrected chi connectivity index (χ4v) is 1.24. The lowest BCUT2D eigenvalue weighted by Crippen LogP contribution is -2.46. The van der Waals surface area contributed by atoms with Crippen LogP contribution in [0.25, 0.3) is 0 Å². The number of rotatable bonds is 7. The van der Waals surface area contributed by atoms with Crippen LogP contribution in [-0.2, 0) is 14.3 Å². The summed E-state index contributed by atoms with van der Waals surface area (Å²) in [4.78, 5) is 34.9. The molecular weight excluding hydrogens is 252 g/mol. The summed E-state index contributed by atoms with van der Waals surface area (Å²) in [5.41, 5.74) is 0. The average molecular weight is 274 g/mol. The largest absolute Gasteiger partial charge is 0.481 e. The van der Waals surface area contributed by atoms with Crippen LogP contribution in [0.2, 0.25) is 0 Å². The van der Waals surface area contributed by atoms with E-state index in [4.69, 9.17) is 9.84 Å². The van der Waals surface area contributed by atoms with Crippen LogP contribution in [0.15, 0.2) is 0 Å². The van der Waals surface area contributed by atoms with E-state index in [2.05, 4.69) is 5.32 Å². The van der Waals surface area contributed by atoms with Crippen molar-refractivity contribution in [1.29, 1.82) is 0 Å². The molecule has 0 aliphatic heterocycles. The maximum absolute atomic E-state index is 11.7. The molecule has 0 heterocycles. The highest BCUT2D eigenvalue weighted by atomic mass is 16.5. The summed E-state index contributed by atoms with van der Waals surface area (Å²) in [5, 5.41) is 11.4. The number of carboxylic acids is 1. The molecule has 0 radical (unpaired) electrons. The molecule has 0 saturated heterocycles. The number of ether oxygens (including phenoxy) is 1. The van der Waals surface area contributed by atoms with E-state index in [9.17, 15) is 14.4 Å². The number of hydrogen-bond acceptors (Lipinski definition) is 4. The third-order valence-corrected chi connectivity index (χ3v) is 2.79. The van der Waals surface area contributed by atoms with Crippen LogP contribution in [0.1, 0.15) is 27.2 Å². The third-order valence-electron chi connectivity index (χ3n) is 2.79. The quantitative estimate of drug-likeness (QED) is 0.666. The number of carboxylic acid groups (broad SMARTS) is 1. The number of carbonyl (C=O) groups is 3. The van der Waals surface area contributed by atoms with Crippen LogP contribution in [0.3, 0.4) is 0 Å². The molecule has 2 N–H and O–H groups in total. The molecule has 0 saturated carbocycles. The van der Waals surface area contributed by atoms with E-state index >= 15 is 0 Å². The Labute approximate surface area is 112 Å². The number of aliphatic carboxylic acids is 1. The predicted octanol–water partition coefficient (Wildman–Crippen LogP) is 0.690. The van der Waals surface area contributed by atoms with Crippen LogP contribution >= 0.6 is 0 Å². The van der Waals surface area contributed by atoms with Gasteiger partial charge in [0.2, 0.25) is 0 Å². The number of esters is 1. The lowest BCUT2D eigenvalue weighted by Gasteiger charge is -2.23. The van der Waals surface area contributed by atoms with Gasteiger partial charge in [0.1, 0.15) is 0 Å². The number of amides is 2. The van der Waals surface area contributed by atoms with E-state index in [0.717, 1.165) is 0 Å². The minimum atomic E-state index is -0.970. The van der Waals surface area contributed by atoms with Crippen molar-refractivity contribution >= 4 is 18.0 Å². The maximum atomic E-state index is 11.7. The second-order valence-corrected chi connectivity index (χ2v) is 4.34. The molecule has 0 aliphatic carbocycles. The number of carbonyl (C=O) groups excluding carboxylic acids is 2. The maximum Gasteiger partial charge on any atom is 0.317 e. The van der Waals surface area contributed by atoms with E-state index in [-0.39, 0.29) is 18.9 Å². The molecule has 0 aromatic carbocycles. The summed E-state index contributed by atoms with van der Waals surface area (Å²) >= 11 is 0. The van der Waals surface area contributed by atoms with E-state index < -0.39 is 24.0 Å². The topological polar surface area (TPSA) is 95.9 Å². The van der Waals surface area contributed by atoms with E-state index in [1.54, 1.807) is 13.8 Å². The van der Waals surface area contributed by atoms with Gasteiger partial charge in [-0.25, -0.2) is 4.79 Å². The van der Waals surface area contributed by atoms with Gasteiger partial charge in [-0.05, 0) is 20.8 Å². The van der Waals surface area contributed by atoms with Gasteiger partial charge in [-0.2, -0.15) is 0 Å². The monoisotopic (exact) mass is 274 g/mol. The molecule has 0 aromatic rings. The first-order chi connectivity index (χ1) is 8.79. The molecule has 2 unspecified atom stereocenters. The van der Waals surface area contributed by atoms with E-state index in [0.29, 0.717) is 6.61 Å². The number of hydrogen-bond donors (Lipinski definition) is 2. The minimum absolute atomic E-state index is 0.112. The van der Waals surface area contributed by atoms with Crippen molar-refractivity contribution in [3.05, 3.63) is 0 Å². The molecule has 0 aromatic heterocycles. The van der Waals surface area contributed by atoms with Gasteiger partial charge in [0.15, 0.2) is 0 Å². The van der Waals surface area contributed by atoms with Crippen molar-refractivity contribution < 1.29 is 24.2 Å². The second-order valence-electron chi connectivity index (χ2n) is 4.34. The first kappa shape index (κ1) is 17.2. The summed E-state index contributed by atoms with van der Waals surface area (Å²) in [6.07, 6.45) is 0.112. The van der Waals surface area contributed by atoms with Crippen molar-refractivity contribution in [1.82, 2.24) is 10.2 Å². The molecule has 110 valence electrons. The van der Waals surface area contributed by atoms with Crippen molar-refractivity contribution in [2.45, 2.75) is 33.2 Å². The molecule has 7 nitrogen and oxygen atoms in total. The molecule has 0 aliphatic rings. The fourth-order valence-electron chi connectivity index (χ4n) is 1.24. The van der Waals surface area contributed by atoms with Gasteiger partial charge in [-0.3, -0.25) is 9.59 Å². The zero-order valence-electron chi connectivity index (χ0n) is 11.8. The van der Waals surface area contributed by atoms with Crippen LogP contribution in [0.4, 0.5) is 4.79 Å². The molecule has 19 heavy (non-hydrogen) atoms. The Balaban J connectivity index is 4.13. The zero-order valence-corrected chi connectivity index (χ0v) is 11.8. The molecule has 0 spiro atoms. The zero-order chi connectivity index (χ0) is 15.0. The van der Waals surface area contributed by atoms with E-state index in [1.807, 2.05) is 0 Å². The molecule has 0 bridgehead atoms. The molecule has 0 fully saturated rings. The van der Waals surface area contributed by atoms with Gasteiger partial charge >= 0.3 is 18.0 Å². The molecule has 7 heteroatoms. The van der Waals surface area contributed by atoms with Crippen LogP contribution in [-0.4, -0.2) is 54.2 Å². The Hall–Kier alpha value is -1.79. The second kappa shape index (κ2) is 8.34. The molecule has 2 amide bonds. The molecule has 0 rings (SSSR count). The normalized spacial score (nSPS) is 13.3. The summed E-state index contributed by atoms with van der Waals surface area (Å²) in [6.45, 7) is 5.38. The molecule has 2 atom stereocenters. The SMILES string of the molecule is CCOC(=O)CCN(C)C(=O)NC(C)C(C)C(=O)O. The summed E-state index contributed by atoms with van der Waals surface area (Å²) < 4.78 is 4.75. The first-order valence-corrected chi connectivity index (χ1v) is 6.19. The Morgan fingerprint density at radius 3 is 2.37 bits per heavy atom. The third kappa shape index (κ3) is 6.64. The van der Waals surface area contributed by atoms with Gasteiger partial charge in [0.25, 0.3) is 0 Å². The van der Waals surface area contributed by atoms with Crippen molar-refractivity contribution in [2.24, 2.45) is 5.92 Å². The van der Waals surface area contributed by atoms with Gasteiger partial charge in [0.05, 0.1) is 18.9 Å². The summed E-state index contributed by atoms with van der Waals surface area (Å²) in [7, 11) is 1.53. The highest BCUT2D eigenvalue weighted by molar-refractivity contribution is 5.77. The number of nitrogens with zero attached hydrogens (tertiary/aromatic N) is 1. The lowest BCUT2D eigenvalue weighted by molar-refractivity contribution is -0.143. The van der Waals surface area contributed by atoms with Gasteiger partial charge in [-0.15, -0.1) is 0 Å². The summed E-state index contributed by atoms with van der Waals surface area (Å²) in [6, 6.07) is -0.903. The minimum Gasteiger partial charge on any atom is -0.481 e. The standard InChI is InChI=1S/C12H22N2O5/c1-5-19-10(15)6-7-14(4)12(18)13-9(3)8(2)11(16)17/h8-9H,5-7H2,1-4H3,(H,13,18)(H,16,17). The Bertz CT molecular complexity index is 332. The highest BCUT2D eigenvalue weighted by Crippen LogP contribution is 2.03. The van der Waals surface area contributed by atoms with Crippen molar-refractivity contribution in [3.63, 3.8) is 0 Å². The van der Waals surface area contributed by atoms with Crippen LogP contribution in [0, 0.1) is 5.92 Å². The van der Waals surface area contributed by atoms with Crippen molar-refractivity contribution in [3.8, 4) is 0 Å². The average Bonchev–Trinajstić information content (AvgIpc) is 2.34. The van der Waals surface area contributed by atoms with Gasteiger partial charge in [0, 0.05) is 19.6 Å². The summed E-state index contributed by atoms with van der Waals surface area (Å²) in [5.74, 6) is -2.02. The first-order valence-electron chi connectivity index (χ1n) is 6.19. The molecular formula is C12H22N2O5. The van der Waals surface area contributed by atoms with Crippen molar-refractivity contribution in [2.75, 3.05) is 20.2 Å². The number of urea groups is 1. The predicted molar refractivity (Wildman–Crippen MR) is 68.7 cm³/mol. The Morgan fingerprint density at radius 2 is 1.89 bits per heavy atom. The van der Waals surface area contributed by atoms with Crippen LogP contribution in [0.5, 0.6) is 0 Å². The lowest BCUT2D eigenvalue weighted by atomic mass is 10.0.